The lowest BCUT2D eigenvalue weighted by Crippen LogP contribution is -2.45. The summed E-state index contributed by atoms with van der Waals surface area (Å²) in [6.45, 7) is 5.69. The fourth-order valence-corrected chi connectivity index (χ4v) is 1.97. The highest BCUT2D eigenvalue weighted by Gasteiger charge is 2.23. The summed E-state index contributed by atoms with van der Waals surface area (Å²) in [6, 6.07) is 10.9. The van der Waals surface area contributed by atoms with Crippen LogP contribution in [-0.2, 0) is 4.84 Å². The average Bonchev–Trinajstić information content (AvgIpc) is 2.31. The van der Waals surface area contributed by atoms with E-state index < -0.39 is 0 Å². The summed E-state index contributed by atoms with van der Waals surface area (Å²) in [5.41, 5.74) is 1.32. The number of benzene rings is 1. The third-order valence-corrected chi connectivity index (χ3v) is 2.67. The van der Waals surface area contributed by atoms with Gasteiger partial charge in [-0.15, -0.1) is 0 Å². The Morgan fingerprint density at radius 2 is 2.20 bits per heavy atom. The summed E-state index contributed by atoms with van der Waals surface area (Å²) in [5, 5.41) is 5.49. The van der Waals surface area contributed by atoms with Crippen molar-refractivity contribution < 1.29 is 4.84 Å². The predicted octanol–water partition coefficient (Wildman–Crippen LogP) is 1.58. The van der Waals surface area contributed by atoms with E-state index in [2.05, 4.69) is 34.6 Å². The van der Waals surface area contributed by atoms with Crippen LogP contribution in [0.5, 0.6) is 0 Å². The van der Waals surface area contributed by atoms with Crippen molar-refractivity contribution in [1.29, 1.82) is 0 Å². The standard InChI is InChI=1S/C12H18N2O/c1-2-15-14-9-8-13-10-12(14)11-6-4-3-5-7-11/h3-7,12-13H,2,8-10H2,1H3. The topological polar surface area (TPSA) is 24.5 Å². The molecule has 0 amide bonds. The Bertz CT molecular complexity index is 287. The smallest absolute Gasteiger partial charge is 0.0727 e. The molecule has 1 fully saturated rings. The lowest BCUT2D eigenvalue weighted by molar-refractivity contribution is -0.191. The molecule has 0 bridgehead atoms. The first-order chi connectivity index (χ1) is 7.42. The van der Waals surface area contributed by atoms with Gasteiger partial charge in [0.05, 0.1) is 12.6 Å². The van der Waals surface area contributed by atoms with Crippen LogP contribution in [0, 0.1) is 0 Å². The fraction of sp³-hybridized carbons (Fsp3) is 0.500. The Labute approximate surface area is 91.0 Å². The molecule has 1 saturated heterocycles. The molecule has 1 atom stereocenters. The minimum Gasteiger partial charge on any atom is -0.313 e. The second kappa shape index (κ2) is 5.26. The molecule has 82 valence electrons. The van der Waals surface area contributed by atoms with Gasteiger partial charge >= 0.3 is 0 Å². The third-order valence-electron chi connectivity index (χ3n) is 2.67. The van der Waals surface area contributed by atoms with Crippen LogP contribution in [0.25, 0.3) is 0 Å². The molecule has 1 heterocycles. The van der Waals surface area contributed by atoms with Crippen molar-refractivity contribution in [3.05, 3.63) is 35.9 Å². The third kappa shape index (κ3) is 2.56. The van der Waals surface area contributed by atoms with Crippen LogP contribution >= 0.6 is 0 Å². The van der Waals surface area contributed by atoms with Crippen molar-refractivity contribution in [2.75, 3.05) is 26.2 Å². The van der Waals surface area contributed by atoms with Gasteiger partial charge in [-0.25, -0.2) is 0 Å². The Hall–Kier alpha value is -0.900. The number of nitrogens with zero attached hydrogens (tertiary/aromatic N) is 1. The fourth-order valence-electron chi connectivity index (χ4n) is 1.97. The zero-order valence-corrected chi connectivity index (χ0v) is 9.15. The number of rotatable bonds is 3. The van der Waals surface area contributed by atoms with Crippen molar-refractivity contribution in [3.63, 3.8) is 0 Å². The molecule has 0 aromatic heterocycles. The SMILES string of the molecule is CCON1CCNCC1c1ccccc1. The zero-order chi connectivity index (χ0) is 10.5. The summed E-state index contributed by atoms with van der Waals surface area (Å²) in [6.07, 6.45) is 0. The Morgan fingerprint density at radius 3 is 2.93 bits per heavy atom. The maximum Gasteiger partial charge on any atom is 0.0727 e. The molecule has 3 heteroatoms. The van der Waals surface area contributed by atoms with Gasteiger partial charge in [-0.3, -0.25) is 4.84 Å². The molecule has 1 aliphatic heterocycles. The average molecular weight is 206 g/mol. The van der Waals surface area contributed by atoms with Gasteiger partial charge in [-0.1, -0.05) is 30.3 Å². The largest absolute Gasteiger partial charge is 0.313 e. The summed E-state index contributed by atoms with van der Waals surface area (Å²) in [7, 11) is 0. The monoisotopic (exact) mass is 206 g/mol. The number of nitrogens with one attached hydrogen (secondary N) is 1. The molecule has 1 aliphatic rings. The molecule has 0 aliphatic carbocycles. The molecule has 0 saturated carbocycles. The maximum atomic E-state index is 5.64. The second-order valence-electron chi connectivity index (χ2n) is 3.69. The number of hydroxylamine groups is 2. The summed E-state index contributed by atoms with van der Waals surface area (Å²) < 4.78 is 0. The van der Waals surface area contributed by atoms with Crippen LogP contribution in [0.3, 0.4) is 0 Å². The summed E-state index contributed by atoms with van der Waals surface area (Å²) >= 11 is 0. The molecule has 2 rings (SSSR count). The Balaban J connectivity index is 2.11. The lowest BCUT2D eigenvalue weighted by Gasteiger charge is -2.35. The van der Waals surface area contributed by atoms with E-state index in [1.165, 1.54) is 5.56 Å². The zero-order valence-electron chi connectivity index (χ0n) is 9.15. The van der Waals surface area contributed by atoms with E-state index in [0.717, 1.165) is 26.2 Å². The van der Waals surface area contributed by atoms with Crippen molar-refractivity contribution >= 4 is 0 Å². The molecule has 1 unspecified atom stereocenters. The predicted molar refractivity (Wildman–Crippen MR) is 60.4 cm³/mol. The maximum absolute atomic E-state index is 5.64. The highest BCUT2D eigenvalue weighted by Crippen LogP contribution is 2.21. The van der Waals surface area contributed by atoms with Gasteiger partial charge in [0.1, 0.15) is 0 Å². The van der Waals surface area contributed by atoms with E-state index in [0.29, 0.717) is 6.04 Å². The van der Waals surface area contributed by atoms with Crippen LogP contribution in [0.1, 0.15) is 18.5 Å². The first-order valence-electron chi connectivity index (χ1n) is 5.57. The van der Waals surface area contributed by atoms with E-state index >= 15 is 0 Å². The van der Waals surface area contributed by atoms with E-state index in [1.54, 1.807) is 0 Å². The van der Waals surface area contributed by atoms with Gasteiger partial charge < -0.3 is 5.32 Å². The van der Waals surface area contributed by atoms with E-state index in [4.69, 9.17) is 4.84 Å². The van der Waals surface area contributed by atoms with Gasteiger partial charge in [-0.2, -0.15) is 5.06 Å². The van der Waals surface area contributed by atoms with Crippen LogP contribution in [-0.4, -0.2) is 31.3 Å². The Kier molecular flexibility index (Phi) is 3.72. The van der Waals surface area contributed by atoms with E-state index in [9.17, 15) is 0 Å². The van der Waals surface area contributed by atoms with Crippen molar-refractivity contribution in [2.45, 2.75) is 13.0 Å². The van der Waals surface area contributed by atoms with Crippen LogP contribution < -0.4 is 5.32 Å². The first kappa shape index (κ1) is 10.6. The van der Waals surface area contributed by atoms with Gasteiger partial charge in [-0.05, 0) is 12.5 Å². The molecule has 0 spiro atoms. The highest BCUT2D eigenvalue weighted by molar-refractivity contribution is 5.19. The number of hydrogen-bond donors (Lipinski definition) is 1. The molecule has 1 N–H and O–H groups in total. The highest BCUT2D eigenvalue weighted by atomic mass is 16.7. The second-order valence-corrected chi connectivity index (χ2v) is 3.69. The molecule has 15 heavy (non-hydrogen) atoms. The van der Waals surface area contributed by atoms with Crippen LogP contribution in [0.4, 0.5) is 0 Å². The number of piperazine rings is 1. The summed E-state index contributed by atoms with van der Waals surface area (Å²) in [4.78, 5) is 5.64. The van der Waals surface area contributed by atoms with Crippen molar-refractivity contribution in [1.82, 2.24) is 10.4 Å². The van der Waals surface area contributed by atoms with Gasteiger partial charge in [0.25, 0.3) is 0 Å². The van der Waals surface area contributed by atoms with E-state index in [-0.39, 0.29) is 0 Å². The molecule has 1 aromatic rings. The minimum atomic E-state index is 0.347. The van der Waals surface area contributed by atoms with Gasteiger partial charge in [0.15, 0.2) is 0 Å². The normalized spacial score (nSPS) is 22.9. The quantitative estimate of drug-likeness (QED) is 0.812. The molecular formula is C12H18N2O. The first-order valence-corrected chi connectivity index (χ1v) is 5.57. The van der Waals surface area contributed by atoms with Crippen molar-refractivity contribution in [3.8, 4) is 0 Å². The number of hydrogen-bond acceptors (Lipinski definition) is 3. The Morgan fingerprint density at radius 1 is 1.40 bits per heavy atom. The minimum absolute atomic E-state index is 0.347. The molecule has 0 radical (unpaired) electrons. The van der Waals surface area contributed by atoms with Crippen LogP contribution in [0.2, 0.25) is 0 Å². The van der Waals surface area contributed by atoms with Crippen molar-refractivity contribution in [2.24, 2.45) is 0 Å². The lowest BCUT2D eigenvalue weighted by atomic mass is 10.1. The summed E-state index contributed by atoms with van der Waals surface area (Å²) in [5.74, 6) is 0. The van der Waals surface area contributed by atoms with Gasteiger partial charge in [0.2, 0.25) is 0 Å². The van der Waals surface area contributed by atoms with E-state index in [1.807, 2.05) is 13.0 Å². The van der Waals surface area contributed by atoms with Crippen LogP contribution in [0.15, 0.2) is 30.3 Å². The molecule has 3 nitrogen and oxygen atoms in total. The molecule has 1 aromatic carbocycles. The van der Waals surface area contributed by atoms with Gasteiger partial charge in [0, 0.05) is 19.6 Å². The molecular weight excluding hydrogens is 188 g/mol.